The van der Waals surface area contributed by atoms with Gasteiger partial charge in [0, 0.05) is 10.0 Å². The Morgan fingerprint density at radius 1 is 0.897 bits per heavy atom. The highest BCUT2D eigenvalue weighted by Crippen LogP contribution is 2.34. The largest absolute Gasteiger partial charge is 0.478 e. The van der Waals surface area contributed by atoms with Gasteiger partial charge in [-0.2, -0.15) is 0 Å². The molecule has 0 amide bonds. The topological polar surface area (TPSA) is 37.3 Å². The third-order valence-electron chi connectivity index (χ3n) is 5.33. The fourth-order valence-electron chi connectivity index (χ4n) is 3.97. The van der Waals surface area contributed by atoms with Gasteiger partial charge in [0.2, 0.25) is 0 Å². The van der Waals surface area contributed by atoms with Gasteiger partial charge in [0.05, 0.1) is 5.56 Å². The summed E-state index contributed by atoms with van der Waals surface area (Å²) in [6.07, 6.45) is 5.82. The Hall–Kier alpha value is -2.55. The first-order valence-electron chi connectivity index (χ1n) is 9.57. The van der Waals surface area contributed by atoms with Crippen LogP contribution < -0.4 is 0 Å². The van der Waals surface area contributed by atoms with Crippen molar-refractivity contribution in [3.8, 4) is 0 Å². The Morgan fingerprint density at radius 2 is 1.62 bits per heavy atom. The van der Waals surface area contributed by atoms with Crippen LogP contribution in [0.2, 0.25) is 10.0 Å². The summed E-state index contributed by atoms with van der Waals surface area (Å²) in [6, 6.07) is 19.3. The first kappa shape index (κ1) is 19.8. The van der Waals surface area contributed by atoms with E-state index in [4.69, 9.17) is 28.3 Å². The van der Waals surface area contributed by atoms with Gasteiger partial charge in [-0.15, -0.1) is 0 Å². The van der Waals surface area contributed by atoms with Crippen LogP contribution in [0.5, 0.6) is 0 Å². The molecule has 0 saturated heterocycles. The number of allylic oxidation sites excluding steroid dienone is 2. The van der Waals surface area contributed by atoms with Gasteiger partial charge in [-0.3, -0.25) is 0 Å². The smallest absolute Gasteiger partial charge is 0.335 e. The van der Waals surface area contributed by atoms with E-state index in [1.165, 1.54) is 22.3 Å². The van der Waals surface area contributed by atoms with Crippen molar-refractivity contribution in [3.63, 3.8) is 0 Å². The molecule has 4 heteroatoms. The van der Waals surface area contributed by atoms with Gasteiger partial charge in [-0.1, -0.05) is 59.6 Å². The zero-order chi connectivity index (χ0) is 20.4. The predicted molar refractivity (Wildman–Crippen MR) is 119 cm³/mol. The molecule has 0 aromatic heterocycles. The van der Waals surface area contributed by atoms with Crippen molar-refractivity contribution >= 4 is 34.7 Å². The number of carboxylic acids is 1. The fraction of sp³-hybridized carbons (Fsp3) is 0.160. The minimum absolute atomic E-state index is 0.319. The molecule has 0 atom stereocenters. The van der Waals surface area contributed by atoms with Gasteiger partial charge in [-0.25, -0.2) is 4.79 Å². The Morgan fingerprint density at radius 3 is 2.31 bits per heavy atom. The molecular formula is C25H20Cl2O2. The second-order valence-electron chi connectivity index (χ2n) is 7.34. The molecule has 146 valence electrons. The van der Waals surface area contributed by atoms with E-state index in [1.807, 2.05) is 24.3 Å². The molecule has 29 heavy (non-hydrogen) atoms. The first-order valence-corrected chi connectivity index (χ1v) is 10.3. The van der Waals surface area contributed by atoms with E-state index in [1.54, 1.807) is 18.2 Å². The number of fused-ring (bicyclic) bond motifs is 1. The highest BCUT2D eigenvalue weighted by molar-refractivity contribution is 6.34. The maximum Gasteiger partial charge on any atom is 0.335 e. The summed E-state index contributed by atoms with van der Waals surface area (Å²) >= 11 is 12.3. The van der Waals surface area contributed by atoms with Crippen molar-refractivity contribution < 1.29 is 9.90 Å². The number of aromatic carboxylic acids is 1. The molecule has 0 bridgehead atoms. The molecule has 1 N–H and O–H groups in total. The van der Waals surface area contributed by atoms with E-state index in [-0.39, 0.29) is 0 Å². The minimum Gasteiger partial charge on any atom is -0.478 e. The van der Waals surface area contributed by atoms with Gasteiger partial charge < -0.3 is 5.11 Å². The Labute approximate surface area is 180 Å². The maximum absolute atomic E-state index is 11.0. The van der Waals surface area contributed by atoms with E-state index in [0.29, 0.717) is 15.6 Å². The van der Waals surface area contributed by atoms with E-state index in [0.717, 1.165) is 36.8 Å². The number of benzene rings is 3. The molecule has 3 aromatic carbocycles. The van der Waals surface area contributed by atoms with Crippen molar-refractivity contribution in [3.05, 3.63) is 110 Å². The van der Waals surface area contributed by atoms with E-state index in [9.17, 15) is 4.79 Å². The van der Waals surface area contributed by atoms with Crippen molar-refractivity contribution in [1.29, 1.82) is 0 Å². The van der Waals surface area contributed by atoms with Crippen molar-refractivity contribution in [2.45, 2.75) is 25.7 Å². The second kappa shape index (κ2) is 8.44. The lowest BCUT2D eigenvalue weighted by Gasteiger charge is -2.13. The molecule has 0 radical (unpaired) electrons. The van der Waals surface area contributed by atoms with E-state index < -0.39 is 5.97 Å². The summed E-state index contributed by atoms with van der Waals surface area (Å²) in [7, 11) is 0. The maximum atomic E-state index is 11.0. The number of carbonyl (C=O) groups is 1. The van der Waals surface area contributed by atoms with Crippen molar-refractivity contribution in [1.82, 2.24) is 0 Å². The molecular weight excluding hydrogens is 403 g/mol. The summed E-state index contributed by atoms with van der Waals surface area (Å²) in [4.78, 5) is 11.0. The van der Waals surface area contributed by atoms with Gasteiger partial charge in [-0.05, 0) is 89.4 Å². The van der Waals surface area contributed by atoms with E-state index in [2.05, 4.69) is 24.3 Å². The molecule has 1 aliphatic rings. The average Bonchev–Trinajstić information content (AvgIpc) is 3.09. The third-order valence-corrected chi connectivity index (χ3v) is 5.76. The zero-order valence-corrected chi connectivity index (χ0v) is 17.3. The van der Waals surface area contributed by atoms with Crippen LogP contribution in [0.25, 0.3) is 5.57 Å². The summed E-state index contributed by atoms with van der Waals surface area (Å²) in [5.41, 5.74) is 7.90. The molecule has 2 nitrogen and oxygen atoms in total. The van der Waals surface area contributed by atoms with Gasteiger partial charge in [0.15, 0.2) is 0 Å². The normalized spacial score (nSPS) is 12.6. The lowest BCUT2D eigenvalue weighted by atomic mass is 9.91. The molecule has 0 saturated carbocycles. The van der Waals surface area contributed by atoms with Crippen LogP contribution >= 0.6 is 23.2 Å². The van der Waals surface area contributed by atoms with Crippen LogP contribution in [0.3, 0.4) is 0 Å². The Balaban J connectivity index is 1.54. The third kappa shape index (κ3) is 4.55. The summed E-state index contributed by atoms with van der Waals surface area (Å²) < 4.78 is 0. The van der Waals surface area contributed by atoms with Crippen molar-refractivity contribution in [2.75, 3.05) is 0 Å². The SMILES string of the molecule is O=C(O)c1ccc(CCc2cccc3c2C(Cc2cc(Cl)cc(Cl)c2)=CC3)cc1. The Bertz CT molecular complexity index is 1080. The molecule has 4 rings (SSSR count). The average molecular weight is 423 g/mol. The number of hydrogen-bond donors (Lipinski definition) is 1. The Kier molecular flexibility index (Phi) is 5.75. The molecule has 0 fully saturated rings. The van der Waals surface area contributed by atoms with Crippen LogP contribution in [-0.4, -0.2) is 11.1 Å². The second-order valence-corrected chi connectivity index (χ2v) is 8.21. The highest BCUT2D eigenvalue weighted by atomic mass is 35.5. The number of aryl methyl sites for hydroxylation is 2. The van der Waals surface area contributed by atoms with Crippen LogP contribution in [-0.2, 0) is 25.7 Å². The van der Waals surface area contributed by atoms with Crippen molar-refractivity contribution in [2.24, 2.45) is 0 Å². The molecule has 0 spiro atoms. The minimum atomic E-state index is -0.895. The van der Waals surface area contributed by atoms with Gasteiger partial charge >= 0.3 is 5.97 Å². The lowest BCUT2D eigenvalue weighted by Crippen LogP contribution is -2.00. The standard InChI is InChI=1S/C25H20Cl2O2/c26-22-13-17(14-23(27)15-22)12-21-11-10-19-3-1-2-18(24(19)21)7-4-16-5-8-20(9-6-16)25(28)29/h1-3,5-6,8-9,11,13-15H,4,7,10,12H2,(H,28,29). The first-order chi connectivity index (χ1) is 14.0. The molecule has 0 aliphatic heterocycles. The molecule has 1 aliphatic carbocycles. The summed E-state index contributed by atoms with van der Waals surface area (Å²) in [5, 5.41) is 10.4. The molecule has 0 unspecified atom stereocenters. The number of hydrogen-bond acceptors (Lipinski definition) is 1. The predicted octanol–water partition coefficient (Wildman–Crippen LogP) is 6.66. The number of halogens is 2. The lowest BCUT2D eigenvalue weighted by molar-refractivity contribution is 0.0697. The quantitative estimate of drug-likeness (QED) is 0.482. The molecule has 0 heterocycles. The number of carboxylic acid groups (broad SMARTS) is 1. The highest BCUT2D eigenvalue weighted by Gasteiger charge is 2.18. The van der Waals surface area contributed by atoms with E-state index >= 15 is 0 Å². The summed E-state index contributed by atoms with van der Waals surface area (Å²) in [6.45, 7) is 0. The van der Waals surface area contributed by atoms with Crippen LogP contribution in [0, 0.1) is 0 Å². The molecule has 3 aromatic rings. The summed E-state index contributed by atoms with van der Waals surface area (Å²) in [5.74, 6) is -0.895. The van der Waals surface area contributed by atoms with Gasteiger partial charge in [0.1, 0.15) is 0 Å². The number of rotatable bonds is 6. The fourth-order valence-corrected chi connectivity index (χ4v) is 4.54. The monoisotopic (exact) mass is 422 g/mol. The van der Waals surface area contributed by atoms with Crippen LogP contribution in [0.1, 0.15) is 38.2 Å². The zero-order valence-electron chi connectivity index (χ0n) is 15.8. The van der Waals surface area contributed by atoms with Gasteiger partial charge in [0.25, 0.3) is 0 Å². The van der Waals surface area contributed by atoms with Crippen LogP contribution in [0.15, 0.2) is 66.7 Å². The van der Waals surface area contributed by atoms with Crippen LogP contribution in [0.4, 0.5) is 0 Å².